The number of ether oxygens (including phenoxy) is 1. The smallest absolute Gasteiger partial charge is 0.0900 e. The zero-order valence-corrected chi connectivity index (χ0v) is 19.9. The van der Waals surface area contributed by atoms with Crippen molar-refractivity contribution in [3.63, 3.8) is 0 Å². The quantitative estimate of drug-likeness (QED) is 0.539. The molecule has 0 radical (unpaired) electrons. The van der Waals surface area contributed by atoms with E-state index in [1.54, 1.807) is 0 Å². The topological polar surface area (TPSA) is 35.9 Å². The highest BCUT2D eigenvalue weighted by Crippen LogP contribution is 2.49. The number of hydrogen-bond donors (Lipinski definition) is 1. The zero-order valence-electron chi connectivity index (χ0n) is 19.9. The van der Waals surface area contributed by atoms with E-state index in [9.17, 15) is 5.11 Å². The molecule has 1 N–H and O–H groups in total. The Morgan fingerprint density at radius 2 is 1.52 bits per heavy atom. The predicted molar refractivity (Wildman–Crippen MR) is 133 cm³/mol. The second-order valence-electron chi connectivity index (χ2n) is 10.5. The number of β-amino-alcohol motifs (C(OH)–C–C–N with tert-alkyl or cyclic N) is 1. The lowest BCUT2D eigenvalue weighted by atomic mass is 9.87. The molecule has 1 heterocycles. The summed E-state index contributed by atoms with van der Waals surface area (Å²) in [6.45, 7) is 5.98. The lowest BCUT2D eigenvalue weighted by Gasteiger charge is -2.40. The molecule has 3 aliphatic rings. The number of aliphatic hydroxyl groups is 1. The summed E-state index contributed by atoms with van der Waals surface area (Å²) in [5.74, 6) is 2.86. The fraction of sp³-hybridized carbons (Fsp3) is 0.586. The monoisotopic (exact) mass is 448 g/mol. The molecule has 4 atom stereocenters. The molecule has 4 nitrogen and oxygen atoms in total. The van der Waals surface area contributed by atoms with Gasteiger partial charge in [0.15, 0.2) is 0 Å². The minimum absolute atomic E-state index is 0.286. The van der Waals surface area contributed by atoms with E-state index in [1.807, 2.05) is 0 Å². The fourth-order valence-electron chi connectivity index (χ4n) is 6.62. The molecule has 178 valence electrons. The van der Waals surface area contributed by atoms with E-state index < -0.39 is 6.10 Å². The number of rotatable bonds is 10. The average molecular weight is 449 g/mol. The summed E-state index contributed by atoms with van der Waals surface area (Å²) in [7, 11) is 0. The van der Waals surface area contributed by atoms with Crippen LogP contribution in [0.5, 0.6) is 0 Å². The van der Waals surface area contributed by atoms with Gasteiger partial charge in [0, 0.05) is 39.3 Å². The molecule has 1 aliphatic heterocycles. The largest absolute Gasteiger partial charge is 0.389 e. The van der Waals surface area contributed by atoms with E-state index in [4.69, 9.17) is 4.74 Å². The average Bonchev–Trinajstić information content (AvgIpc) is 3.48. The third-order valence-corrected chi connectivity index (χ3v) is 8.30. The van der Waals surface area contributed by atoms with Crippen molar-refractivity contribution in [1.29, 1.82) is 0 Å². The molecule has 1 saturated heterocycles. The van der Waals surface area contributed by atoms with Crippen LogP contribution in [-0.4, -0.2) is 66.9 Å². The van der Waals surface area contributed by atoms with Crippen molar-refractivity contribution in [2.75, 3.05) is 45.9 Å². The third kappa shape index (κ3) is 5.86. The van der Waals surface area contributed by atoms with E-state index in [0.717, 1.165) is 50.5 Å². The number of aliphatic hydroxyl groups excluding tert-OH is 1. The summed E-state index contributed by atoms with van der Waals surface area (Å²) in [5.41, 5.74) is 2.70. The van der Waals surface area contributed by atoms with Crippen molar-refractivity contribution in [1.82, 2.24) is 9.80 Å². The molecule has 2 aromatic carbocycles. The van der Waals surface area contributed by atoms with Crippen LogP contribution in [0, 0.1) is 17.8 Å². The number of hydrogen-bond acceptors (Lipinski definition) is 4. The highest BCUT2D eigenvalue weighted by molar-refractivity contribution is 5.31. The van der Waals surface area contributed by atoms with Gasteiger partial charge in [-0.2, -0.15) is 0 Å². The highest BCUT2D eigenvalue weighted by atomic mass is 16.5. The Morgan fingerprint density at radius 3 is 2.09 bits per heavy atom. The van der Waals surface area contributed by atoms with Gasteiger partial charge in [-0.3, -0.25) is 9.80 Å². The summed E-state index contributed by atoms with van der Waals surface area (Å²) < 4.78 is 5.89. The van der Waals surface area contributed by atoms with E-state index in [2.05, 4.69) is 70.5 Å². The van der Waals surface area contributed by atoms with Crippen molar-refractivity contribution >= 4 is 0 Å². The van der Waals surface area contributed by atoms with E-state index in [0.29, 0.717) is 13.2 Å². The Hall–Kier alpha value is -1.72. The second kappa shape index (κ2) is 11.1. The SMILES string of the molecule is O[C@H](COCC[C@H]1C[C@H]2CC[C@H]1C2)CN1CCN(C(c2ccccc2)c2ccccc2)CC1. The van der Waals surface area contributed by atoms with Crippen LogP contribution in [0.2, 0.25) is 0 Å². The van der Waals surface area contributed by atoms with Gasteiger partial charge in [0.05, 0.1) is 18.8 Å². The lowest BCUT2D eigenvalue weighted by molar-refractivity contribution is 0.000295. The van der Waals surface area contributed by atoms with Crippen LogP contribution in [0.4, 0.5) is 0 Å². The molecule has 2 saturated carbocycles. The summed E-state index contributed by atoms with van der Waals surface area (Å²) >= 11 is 0. The maximum Gasteiger partial charge on any atom is 0.0900 e. The van der Waals surface area contributed by atoms with Gasteiger partial charge in [-0.1, -0.05) is 67.1 Å². The standard InChI is InChI=1S/C29H40N2O2/c32-28(22-33-18-13-27-20-23-11-12-26(27)19-23)21-30-14-16-31(17-15-30)29(24-7-3-1-4-8-24)25-9-5-2-6-10-25/h1-10,23,26-29,32H,11-22H2/t23-,26-,27-,28-/m0/s1. The molecule has 0 spiro atoms. The zero-order chi connectivity index (χ0) is 22.5. The molecule has 3 fully saturated rings. The van der Waals surface area contributed by atoms with Gasteiger partial charge in [0.2, 0.25) is 0 Å². The maximum absolute atomic E-state index is 10.5. The highest BCUT2D eigenvalue weighted by Gasteiger charge is 2.38. The molecule has 0 unspecified atom stereocenters. The maximum atomic E-state index is 10.5. The summed E-state index contributed by atoms with van der Waals surface area (Å²) in [5, 5.41) is 10.5. The molecule has 0 aromatic heterocycles. The predicted octanol–water partition coefficient (Wildman–Crippen LogP) is 4.60. The van der Waals surface area contributed by atoms with Crippen molar-refractivity contribution in [3.05, 3.63) is 71.8 Å². The van der Waals surface area contributed by atoms with Crippen molar-refractivity contribution in [2.24, 2.45) is 17.8 Å². The van der Waals surface area contributed by atoms with Gasteiger partial charge in [-0.25, -0.2) is 0 Å². The third-order valence-electron chi connectivity index (χ3n) is 8.30. The fourth-order valence-corrected chi connectivity index (χ4v) is 6.62. The van der Waals surface area contributed by atoms with Crippen LogP contribution < -0.4 is 0 Å². The van der Waals surface area contributed by atoms with Gasteiger partial charge in [-0.15, -0.1) is 0 Å². The minimum atomic E-state index is -0.393. The summed E-state index contributed by atoms with van der Waals surface area (Å²) in [6.07, 6.45) is 6.59. The van der Waals surface area contributed by atoms with Crippen molar-refractivity contribution < 1.29 is 9.84 Å². The van der Waals surface area contributed by atoms with Crippen molar-refractivity contribution in [3.8, 4) is 0 Å². The first-order valence-electron chi connectivity index (χ1n) is 13.1. The van der Waals surface area contributed by atoms with Crippen LogP contribution in [0.3, 0.4) is 0 Å². The van der Waals surface area contributed by atoms with Gasteiger partial charge in [-0.05, 0) is 54.6 Å². The summed E-state index contributed by atoms with van der Waals surface area (Å²) in [4.78, 5) is 4.98. The lowest BCUT2D eigenvalue weighted by Crippen LogP contribution is -2.50. The number of nitrogens with zero attached hydrogens (tertiary/aromatic N) is 2. The van der Waals surface area contributed by atoms with Gasteiger partial charge >= 0.3 is 0 Å². The van der Waals surface area contributed by atoms with Crippen LogP contribution in [0.25, 0.3) is 0 Å². The van der Waals surface area contributed by atoms with Gasteiger partial charge in [0.25, 0.3) is 0 Å². The van der Waals surface area contributed by atoms with Gasteiger partial charge < -0.3 is 9.84 Å². The molecular weight excluding hydrogens is 408 g/mol. The van der Waals surface area contributed by atoms with E-state index in [1.165, 1.54) is 43.2 Å². The molecule has 5 rings (SSSR count). The number of benzene rings is 2. The first kappa shape index (κ1) is 23.0. The molecule has 2 aromatic rings. The molecule has 33 heavy (non-hydrogen) atoms. The molecule has 0 amide bonds. The van der Waals surface area contributed by atoms with Crippen LogP contribution in [0.15, 0.2) is 60.7 Å². The Kier molecular flexibility index (Phi) is 7.78. The Bertz CT molecular complexity index is 798. The van der Waals surface area contributed by atoms with Gasteiger partial charge in [0.1, 0.15) is 0 Å². The Morgan fingerprint density at radius 1 is 0.848 bits per heavy atom. The van der Waals surface area contributed by atoms with E-state index >= 15 is 0 Å². The van der Waals surface area contributed by atoms with Crippen LogP contribution in [-0.2, 0) is 4.74 Å². The van der Waals surface area contributed by atoms with Crippen LogP contribution in [0.1, 0.15) is 49.3 Å². The summed E-state index contributed by atoms with van der Waals surface area (Å²) in [6, 6.07) is 21.9. The van der Waals surface area contributed by atoms with E-state index in [-0.39, 0.29) is 6.04 Å². The molecule has 4 heteroatoms. The molecule has 2 bridgehead atoms. The first-order chi connectivity index (χ1) is 16.3. The minimum Gasteiger partial charge on any atom is -0.389 e. The van der Waals surface area contributed by atoms with Crippen LogP contribution >= 0.6 is 0 Å². The Balaban J connectivity index is 1.06. The molecule has 2 aliphatic carbocycles. The normalized spacial score (nSPS) is 26.8. The number of fused-ring (bicyclic) bond motifs is 2. The molecular formula is C29H40N2O2. The second-order valence-corrected chi connectivity index (χ2v) is 10.5. The van der Waals surface area contributed by atoms with Crippen molar-refractivity contribution in [2.45, 2.75) is 44.2 Å². The Labute approximate surface area is 199 Å². The first-order valence-corrected chi connectivity index (χ1v) is 13.1. The number of piperazine rings is 1.